The number of nitrogens with zero attached hydrogens (tertiary/aromatic N) is 1. The van der Waals surface area contributed by atoms with Gasteiger partial charge in [0, 0.05) is 13.0 Å². The van der Waals surface area contributed by atoms with Gasteiger partial charge in [0.2, 0.25) is 5.91 Å². The van der Waals surface area contributed by atoms with Crippen LogP contribution in [0.3, 0.4) is 0 Å². The topological polar surface area (TPSA) is 60.5 Å². The maximum Gasteiger partial charge on any atom is 0.217 e. The van der Waals surface area contributed by atoms with Gasteiger partial charge in [-0.15, -0.1) is 11.3 Å². The van der Waals surface area contributed by atoms with Gasteiger partial charge in [-0.25, -0.2) is 4.98 Å². The molecule has 5 nitrogen and oxygen atoms in total. The molecule has 1 amide bonds. The van der Waals surface area contributed by atoms with Crippen LogP contribution in [0.5, 0.6) is 11.5 Å². The van der Waals surface area contributed by atoms with Crippen LogP contribution in [0.15, 0.2) is 42.5 Å². The van der Waals surface area contributed by atoms with Gasteiger partial charge in [0.15, 0.2) is 0 Å². The lowest BCUT2D eigenvalue weighted by molar-refractivity contribution is -0.119. The van der Waals surface area contributed by atoms with Crippen molar-refractivity contribution >= 4 is 27.5 Å². The monoisotopic (exact) mass is 370 g/mol. The van der Waals surface area contributed by atoms with E-state index in [9.17, 15) is 4.79 Å². The summed E-state index contributed by atoms with van der Waals surface area (Å²) in [7, 11) is 0. The number of benzene rings is 2. The van der Waals surface area contributed by atoms with Gasteiger partial charge >= 0.3 is 0 Å². The number of aromatic nitrogens is 1. The van der Waals surface area contributed by atoms with Crippen LogP contribution < -0.4 is 14.8 Å². The SMILES string of the molecule is CCOc1ccc(COc2ccc3sc(C(C)NC(C)=O)nc3c2)cc1. The molecule has 1 heterocycles. The molecule has 0 saturated carbocycles. The van der Waals surface area contributed by atoms with Crippen molar-refractivity contribution in [2.45, 2.75) is 33.4 Å². The van der Waals surface area contributed by atoms with Crippen LogP contribution in [0.2, 0.25) is 0 Å². The molecule has 1 N–H and O–H groups in total. The molecular weight excluding hydrogens is 348 g/mol. The molecule has 0 fully saturated rings. The quantitative estimate of drug-likeness (QED) is 0.666. The molecule has 0 aliphatic heterocycles. The third-order valence-corrected chi connectivity index (χ3v) is 5.02. The first-order valence-corrected chi connectivity index (χ1v) is 9.39. The van der Waals surface area contributed by atoms with Crippen LogP contribution in [-0.4, -0.2) is 17.5 Å². The Hall–Kier alpha value is -2.60. The molecule has 0 saturated heterocycles. The molecule has 0 aliphatic carbocycles. The standard InChI is InChI=1S/C20H22N2O3S/c1-4-24-16-7-5-15(6-8-16)12-25-17-9-10-19-18(11-17)22-20(26-19)13(2)21-14(3)23/h5-11,13H,4,12H2,1-3H3,(H,21,23). The van der Waals surface area contributed by atoms with Crippen LogP contribution in [0, 0.1) is 0 Å². The number of nitrogens with one attached hydrogen (secondary N) is 1. The predicted octanol–water partition coefficient (Wildman–Crippen LogP) is 4.47. The second-order valence-corrected chi connectivity index (χ2v) is 7.03. The second kappa shape index (κ2) is 8.19. The van der Waals surface area contributed by atoms with Crippen molar-refractivity contribution in [1.29, 1.82) is 0 Å². The van der Waals surface area contributed by atoms with Gasteiger partial charge in [-0.05, 0) is 43.7 Å². The molecule has 1 unspecified atom stereocenters. The minimum Gasteiger partial charge on any atom is -0.494 e. The van der Waals surface area contributed by atoms with Gasteiger partial charge in [-0.2, -0.15) is 0 Å². The smallest absolute Gasteiger partial charge is 0.217 e. The Bertz CT molecular complexity index is 890. The molecule has 3 rings (SSSR count). The van der Waals surface area contributed by atoms with Crippen molar-refractivity contribution in [2.24, 2.45) is 0 Å². The lowest BCUT2D eigenvalue weighted by Gasteiger charge is -2.08. The largest absolute Gasteiger partial charge is 0.494 e. The highest BCUT2D eigenvalue weighted by Gasteiger charge is 2.13. The van der Waals surface area contributed by atoms with Crippen LogP contribution >= 0.6 is 11.3 Å². The van der Waals surface area contributed by atoms with E-state index in [0.29, 0.717) is 13.2 Å². The Balaban J connectivity index is 1.67. The number of thiazole rings is 1. The number of hydrogen-bond donors (Lipinski definition) is 1. The summed E-state index contributed by atoms with van der Waals surface area (Å²) >= 11 is 1.58. The molecule has 1 atom stereocenters. The van der Waals surface area contributed by atoms with Gasteiger partial charge in [-0.3, -0.25) is 4.79 Å². The Morgan fingerprint density at radius 3 is 2.58 bits per heavy atom. The summed E-state index contributed by atoms with van der Waals surface area (Å²) < 4.78 is 12.4. The van der Waals surface area contributed by atoms with Crippen LogP contribution in [0.25, 0.3) is 10.2 Å². The molecule has 136 valence electrons. The number of ether oxygens (including phenoxy) is 2. The summed E-state index contributed by atoms with van der Waals surface area (Å²) in [5.41, 5.74) is 1.96. The maximum atomic E-state index is 11.2. The first-order chi connectivity index (χ1) is 12.5. The van der Waals surface area contributed by atoms with E-state index in [2.05, 4.69) is 10.3 Å². The Morgan fingerprint density at radius 1 is 1.15 bits per heavy atom. The Kier molecular flexibility index (Phi) is 5.73. The Labute approximate surface area is 157 Å². The van der Waals surface area contributed by atoms with E-state index in [1.54, 1.807) is 11.3 Å². The summed E-state index contributed by atoms with van der Waals surface area (Å²) in [6.45, 7) is 6.55. The zero-order chi connectivity index (χ0) is 18.5. The van der Waals surface area contributed by atoms with Gasteiger partial charge in [0.1, 0.15) is 23.1 Å². The van der Waals surface area contributed by atoms with Crippen LogP contribution in [-0.2, 0) is 11.4 Å². The van der Waals surface area contributed by atoms with Gasteiger partial charge in [0.05, 0.1) is 22.9 Å². The zero-order valence-corrected chi connectivity index (χ0v) is 15.9. The minimum absolute atomic E-state index is 0.0591. The van der Waals surface area contributed by atoms with Crippen LogP contribution in [0.4, 0.5) is 0 Å². The van der Waals surface area contributed by atoms with Crippen molar-refractivity contribution in [1.82, 2.24) is 10.3 Å². The number of hydrogen-bond acceptors (Lipinski definition) is 5. The lowest BCUT2D eigenvalue weighted by Crippen LogP contribution is -2.23. The first-order valence-electron chi connectivity index (χ1n) is 8.57. The molecule has 0 spiro atoms. The number of carbonyl (C=O) groups excluding carboxylic acids is 1. The molecule has 1 aromatic heterocycles. The highest BCUT2D eigenvalue weighted by atomic mass is 32.1. The molecule has 0 radical (unpaired) electrons. The number of carbonyl (C=O) groups is 1. The van der Waals surface area contributed by atoms with Crippen molar-refractivity contribution in [2.75, 3.05) is 6.61 Å². The molecule has 6 heteroatoms. The molecule has 2 aromatic carbocycles. The first kappa shape index (κ1) is 18.2. The van der Waals surface area contributed by atoms with Crippen LogP contribution in [0.1, 0.15) is 37.4 Å². The van der Waals surface area contributed by atoms with E-state index in [1.165, 1.54) is 6.92 Å². The highest BCUT2D eigenvalue weighted by Crippen LogP contribution is 2.29. The van der Waals surface area contributed by atoms with E-state index in [1.807, 2.05) is 56.3 Å². The lowest BCUT2D eigenvalue weighted by atomic mass is 10.2. The minimum atomic E-state index is -0.0990. The normalized spacial score (nSPS) is 12.0. The molecule has 0 aliphatic rings. The number of fused-ring (bicyclic) bond motifs is 1. The second-order valence-electron chi connectivity index (χ2n) is 5.97. The van der Waals surface area contributed by atoms with E-state index in [4.69, 9.17) is 9.47 Å². The average molecular weight is 370 g/mol. The molecule has 0 bridgehead atoms. The fourth-order valence-electron chi connectivity index (χ4n) is 2.58. The summed E-state index contributed by atoms with van der Waals surface area (Å²) in [5, 5.41) is 3.75. The highest BCUT2D eigenvalue weighted by molar-refractivity contribution is 7.18. The Morgan fingerprint density at radius 2 is 1.88 bits per heavy atom. The fourth-order valence-corrected chi connectivity index (χ4v) is 3.53. The molecule has 3 aromatic rings. The van der Waals surface area contributed by atoms with Gasteiger partial charge in [0.25, 0.3) is 0 Å². The number of amides is 1. The average Bonchev–Trinajstić information content (AvgIpc) is 3.04. The summed E-state index contributed by atoms with van der Waals surface area (Å²) in [6, 6.07) is 13.7. The van der Waals surface area contributed by atoms with E-state index < -0.39 is 0 Å². The van der Waals surface area contributed by atoms with E-state index >= 15 is 0 Å². The predicted molar refractivity (Wildman–Crippen MR) is 104 cm³/mol. The molecular formula is C20H22N2O3S. The van der Waals surface area contributed by atoms with Crippen molar-refractivity contribution in [3.8, 4) is 11.5 Å². The third kappa shape index (κ3) is 4.52. The van der Waals surface area contributed by atoms with Gasteiger partial charge in [-0.1, -0.05) is 12.1 Å². The summed E-state index contributed by atoms with van der Waals surface area (Å²) in [4.78, 5) is 15.8. The van der Waals surface area contributed by atoms with Gasteiger partial charge < -0.3 is 14.8 Å². The zero-order valence-electron chi connectivity index (χ0n) is 15.1. The fraction of sp³-hybridized carbons (Fsp3) is 0.300. The van der Waals surface area contributed by atoms with E-state index in [0.717, 1.165) is 32.3 Å². The van der Waals surface area contributed by atoms with E-state index in [-0.39, 0.29) is 11.9 Å². The number of rotatable bonds is 7. The summed E-state index contributed by atoms with van der Waals surface area (Å²) in [6.07, 6.45) is 0. The molecule has 26 heavy (non-hydrogen) atoms. The maximum absolute atomic E-state index is 11.2. The summed E-state index contributed by atoms with van der Waals surface area (Å²) in [5.74, 6) is 1.58. The third-order valence-electron chi connectivity index (χ3n) is 3.81. The van der Waals surface area contributed by atoms with Crippen molar-refractivity contribution in [3.05, 3.63) is 53.0 Å². The van der Waals surface area contributed by atoms with Crippen molar-refractivity contribution in [3.63, 3.8) is 0 Å². The van der Waals surface area contributed by atoms with Crippen molar-refractivity contribution < 1.29 is 14.3 Å².